The number of β-amino-alcohol motifs (C(OH)–C–C–N with tert-alkyl or cyclic N) is 1. The van der Waals surface area contributed by atoms with Gasteiger partial charge in [-0.05, 0) is 26.3 Å². The smallest absolute Gasteiger partial charge is 0.0639 e. The SMILES string of the molecule is C[C@@H](O)CN1CCN2CCCC2C1. The van der Waals surface area contributed by atoms with Crippen LogP contribution in [0.2, 0.25) is 0 Å². The fraction of sp³-hybridized carbons (Fsp3) is 1.00. The van der Waals surface area contributed by atoms with Gasteiger partial charge in [0.05, 0.1) is 6.10 Å². The maximum absolute atomic E-state index is 9.29. The lowest BCUT2D eigenvalue weighted by Crippen LogP contribution is -2.51. The molecule has 2 fully saturated rings. The van der Waals surface area contributed by atoms with Crippen LogP contribution in [0.1, 0.15) is 19.8 Å². The number of aliphatic hydroxyl groups excluding tert-OH is 1. The summed E-state index contributed by atoms with van der Waals surface area (Å²) in [6.45, 7) is 7.54. The summed E-state index contributed by atoms with van der Waals surface area (Å²) in [4.78, 5) is 5.00. The van der Waals surface area contributed by atoms with Crippen molar-refractivity contribution >= 4 is 0 Å². The van der Waals surface area contributed by atoms with Crippen molar-refractivity contribution in [2.45, 2.75) is 31.9 Å². The summed E-state index contributed by atoms with van der Waals surface area (Å²) < 4.78 is 0. The van der Waals surface area contributed by atoms with Crippen molar-refractivity contribution in [3.05, 3.63) is 0 Å². The van der Waals surface area contributed by atoms with Crippen molar-refractivity contribution in [3.63, 3.8) is 0 Å². The number of hydrogen-bond acceptors (Lipinski definition) is 3. The van der Waals surface area contributed by atoms with Crippen LogP contribution in [-0.4, -0.2) is 59.8 Å². The second-order valence-electron chi connectivity index (χ2n) is 4.44. The Balaban J connectivity index is 1.83. The van der Waals surface area contributed by atoms with Crippen molar-refractivity contribution in [2.75, 3.05) is 32.7 Å². The zero-order valence-electron chi connectivity index (χ0n) is 8.45. The van der Waals surface area contributed by atoms with E-state index in [0.29, 0.717) is 0 Å². The van der Waals surface area contributed by atoms with Crippen LogP contribution in [-0.2, 0) is 0 Å². The molecule has 2 heterocycles. The Kier molecular flexibility index (Phi) is 2.86. The van der Waals surface area contributed by atoms with Gasteiger partial charge in [0.2, 0.25) is 0 Å². The van der Waals surface area contributed by atoms with Crippen LogP contribution in [0.15, 0.2) is 0 Å². The molecule has 13 heavy (non-hydrogen) atoms. The second kappa shape index (κ2) is 3.95. The lowest BCUT2D eigenvalue weighted by molar-refractivity contribution is 0.0635. The molecule has 3 heteroatoms. The molecule has 2 aliphatic rings. The van der Waals surface area contributed by atoms with Crippen LogP contribution in [0.4, 0.5) is 0 Å². The minimum atomic E-state index is -0.173. The maximum Gasteiger partial charge on any atom is 0.0639 e. The minimum absolute atomic E-state index is 0.173. The Bertz CT molecular complexity index is 172. The van der Waals surface area contributed by atoms with Gasteiger partial charge in [-0.25, -0.2) is 0 Å². The van der Waals surface area contributed by atoms with Crippen LogP contribution in [0.25, 0.3) is 0 Å². The number of rotatable bonds is 2. The first-order chi connectivity index (χ1) is 6.25. The first-order valence-electron chi connectivity index (χ1n) is 5.40. The van der Waals surface area contributed by atoms with Gasteiger partial charge in [0, 0.05) is 32.2 Å². The molecule has 2 rings (SSSR count). The Morgan fingerprint density at radius 2 is 2.23 bits per heavy atom. The normalized spacial score (nSPS) is 33.2. The summed E-state index contributed by atoms with van der Waals surface area (Å²) in [5, 5.41) is 9.29. The average Bonchev–Trinajstić information content (AvgIpc) is 2.49. The van der Waals surface area contributed by atoms with Gasteiger partial charge in [-0.1, -0.05) is 0 Å². The molecule has 0 aromatic heterocycles. The van der Waals surface area contributed by atoms with Crippen LogP contribution in [0.3, 0.4) is 0 Å². The van der Waals surface area contributed by atoms with Crippen LogP contribution >= 0.6 is 0 Å². The Morgan fingerprint density at radius 1 is 1.38 bits per heavy atom. The van der Waals surface area contributed by atoms with Crippen LogP contribution in [0, 0.1) is 0 Å². The highest BCUT2D eigenvalue weighted by Crippen LogP contribution is 2.21. The molecule has 1 N–H and O–H groups in total. The molecule has 2 atom stereocenters. The van der Waals surface area contributed by atoms with Crippen LogP contribution in [0.5, 0.6) is 0 Å². The zero-order chi connectivity index (χ0) is 9.26. The van der Waals surface area contributed by atoms with E-state index >= 15 is 0 Å². The fourth-order valence-corrected chi connectivity index (χ4v) is 2.59. The number of aliphatic hydroxyl groups is 1. The van der Waals surface area contributed by atoms with Gasteiger partial charge >= 0.3 is 0 Å². The standard InChI is InChI=1S/C10H20N2O/c1-9(13)7-11-5-6-12-4-2-3-10(12)8-11/h9-10,13H,2-8H2,1H3/t9-,10?/m1/s1. The summed E-state index contributed by atoms with van der Waals surface area (Å²) in [5.74, 6) is 0. The van der Waals surface area contributed by atoms with E-state index in [1.54, 1.807) is 0 Å². The molecular weight excluding hydrogens is 164 g/mol. The third-order valence-corrected chi connectivity index (χ3v) is 3.19. The van der Waals surface area contributed by atoms with Gasteiger partial charge < -0.3 is 5.11 Å². The number of hydrogen-bond donors (Lipinski definition) is 1. The summed E-state index contributed by atoms with van der Waals surface area (Å²) in [6.07, 6.45) is 2.55. The molecule has 0 aliphatic carbocycles. The van der Waals surface area contributed by atoms with Gasteiger partial charge in [0.25, 0.3) is 0 Å². The first kappa shape index (κ1) is 9.44. The van der Waals surface area contributed by atoms with Crippen molar-refractivity contribution < 1.29 is 5.11 Å². The highest BCUT2D eigenvalue weighted by Gasteiger charge is 2.30. The Labute approximate surface area is 80.3 Å². The van der Waals surface area contributed by atoms with E-state index in [0.717, 1.165) is 19.1 Å². The average molecular weight is 184 g/mol. The molecule has 0 aromatic rings. The van der Waals surface area contributed by atoms with E-state index in [1.165, 1.54) is 32.5 Å². The molecule has 0 saturated carbocycles. The molecule has 0 radical (unpaired) electrons. The highest BCUT2D eigenvalue weighted by atomic mass is 16.3. The van der Waals surface area contributed by atoms with Gasteiger partial charge in [-0.2, -0.15) is 0 Å². The molecule has 2 aliphatic heterocycles. The third-order valence-electron chi connectivity index (χ3n) is 3.19. The van der Waals surface area contributed by atoms with E-state index in [1.807, 2.05) is 6.92 Å². The van der Waals surface area contributed by atoms with Gasteiger partial charge in [0.1, 0.15) is 0 Å². The first-order valence-corrected chi connectivity index (χ1v) is 5.40. The molecule has 3 nitrogen and oxygen atoms in total. The van der Waals surface area contributed by atoms with Crippen molar-refractivity contribution in [1.29, 1.82) is 0 Å². The molecular formula is C10H20N2O. The summed E-state index contributed by atoms with van der Waals surface area (Å²) >= 11 is 0. The zero-order valence-corrected chi connectivity index (χ0v) is 8.45. The Morgan fingerprint density at radius 3 is 3.00 bits per heavy atom. The summed E-state index contributed by atoms with van der Waals surface area (Å²) in [7, 11) is 0. The Hall–Kier alpha value is -0.120. The molecule has 0 spiro atoms. The molecule has 0 bridgehead atoms. The molecule has 2 saturated heterocycles. The highest BCUT2D eigenvalue weighted by molar-refractivity contribution is 4.87. The predicted molar refractivity (Wildman–Crippen MR) is 52.7 cm³/mol. The molecule has 1 unspecified atom stereocenters. The topological polar surface area (TPSA) is 26.7 Å². The van der Waals surface area contributed by atoms with Crippen LogP contribution < -0.4 is 0 Å². The monoisotopic (exact) mass is 184 g/mol. The third kappa shape index (κ3) is 2.22. The van der Waals surface area contributed by atoms with E-state index in [2.05, 4.69) is 9.80 Å². The lowest BCUT2D eigenvalue weighted by atomic mass is 10.1. The van der Waals surface area contributed by atoms with Gasteiger partial charge in [0.15, 0.2) is 0 Å². The summed E-state index contributed by atoms with van der Waals surface area (Å²) in [5.41, 5.74) is 0. The number of piperazine rings is 1. The van der Waals surface area contributed by atoms with Gasteiger partial charge in [-0.15, -0.1) is 0 Å². The van der Waals surface area contributed by atoms with E-state index in [4.69, 9.17) is 0 Å². The number of nitrogens with zero attached hydrogens (tertiary/aromatic N) is 2. The van der Waals surface area contributed by atoms with Crippen molar-refractivity contribution in [1.82, 2.24) is 9.80 Å². The van der Waals surface area contributed by atoms with Gasteiger partial charge in [-0.3, -0.25) is 9.80 Å². The van der Waals surface area contributed by atoms with E-state index in [9.17, 15) is 5.11 Å². The quantitative estimate of drug-likeness (QED) is 0.661. The molecule has 0 aromatic carbocycles. The largest absolute Gasteiger partial charge is 0.392 e. The van der Waals surface area contributed by atoms with E-state index in [-0.39, 0.29) is 6.10 Å². The maximum atomic E-state index is 9.29. The molecule has 76 valence electrons. The summed E-state index contributed by atoms with van der Waals surface area (Å²) in [6, 6.07) is 0.785. The predicted octanol–water partition coefficient (Wildman–Crippen LogP) is 0.147. The van der Waals surface area contributed by atoms with E-state index < -0.39 is 0 Å². The van der Waals surface area contributed by atoms with Crippen molar-refractivity contribution in [3.8, 4) is 0 Å². The fourth-order valence-electron chi connectivity index (χ4n) is 2.59. The second-order valence-corrected chi connectivity index (χ2v) is 4.44. The number of fused-ring (bicyclic) bond motifs is 1. The minimum Gasteiger partial charge on any atom is -0.392 e. The lowest BCUT2D eigenvalue weighted by Gasteiger charge is -2.37. The van der Waals surface area contributed by atoms with Crippen molar-refractivity contribution in [2.24, 2.45) is 0 Å². The molecule has 0 amide bonds.